The van der Waals surface area contributed by atoms with Gasteiger partial charge in [0.2, 0.25) is 5.89 Å². The number of aromatic nitrogens is 1. The van der Waals surface area contributed by atoms with Gasteiger partial charge >= 0.3 is 0 Å². The van der Waals surface area contributed by atoms with Crippen molar-refractivity contribution in [2.45, 2.75) is 46.0 Å². The maximum atomic E-state index is 8.92. The number of rotatable bonds is 7. The average molecular weight is 399 g/mol. The Bertz CT molecular complexity index is 1100. The fourth-order valence-corrected chi connectivity index (χ4v) is 3.92. The van der Waals surface area contributed by atoms with E-state index >= 15 is 0 Å². The van der Waals surface area contributed by atoms with Crippen LogP contribution >= 0.6 is 0 Å². The number of fused-ring (bicyclic) bond motifs is 1. The van der Waals surface area contributed by atoms with E-state index in [0.29, 0.717) is 25.3 Å². The third-order valence-corrected chi connectivity index (χ3v) is 5.56. The zero-order chi connectivity index (χ0) is 20.9. The number of oxazole rings is 1. The van der Waals surface area contributed by atoms with Crippen molar-refractivity contribution >= 4 is 5.57 Å². The van der Waals surface area contributed by atoms with Crippen molar-refractivity contribution in [3.8, 4) is 23.3 Å². The molecule has 0 unspecified atom stereocenters. The van der Waals surface area contributed by atoms with Crippen LogP contribution in [-0.2, 0) is 12.8 Å². The summed E-state index contributed by atoms with van der Waals surface area (Å²) in [6.45, 7) is 4.57. The van der Waals surface area contributed by atoms with E-state index in [1.165, 1.54) is 22.3 Å². The molecule has 0 atom stereocenters. The SMILES string of the molecule is Cc1ccc(-c2nc(CCOc3cccc4c3CCC=C4CCC#N)c(C)o2)cc1. The van der Waals surface area contributed by atoms with Crippen molar-refractivity contribution in [2.75, 3.05) is 6.61 Å². The first-order valence-corrected chi connectivity index (χ1v) is 10.5. The molecule has 4 nitrogen and oxygen atoms in total. The van der Waals surface area contributed by atoms with Crippen molar-refractivity contribution in [1.82, 2.24) is 4.98 Å². The average Bonchev–Trinajstić information content (AvgIpc) is 3.13. The van der Waals surface area contributed by atoms with Gasteiger partial charge in [-0.25, -0.2) is 4.98 Å². The van der Waals surface area contributed by atoms with E-state index in [1.54, 1.807) is 0 Å². The molecule has 0 amide bonds. The minimum Gasteiger partial charge on any atom is -0.493 e. The standard InChI is InChI=1S/C26H26N2O2/c1-18-11-13-21(14-12-18)26-28-24(19(2)30-26)15-17-29-25-10-4-8-22-20(7-5-16-27)6-3-9-23(22)25/h4,6,8,10-14H,3,5,7,9,15,17H2,1-2H3. The molecule has 4 heteroatoms. The number of nitriles is 1. The molecule has 0 radical (unpaired) electrons. The van der Waals surface area contributed by atoms with Crippen molar-refractivity contribution in [3.05, 3.63) is 76.7 Å². The lowest BCUT2D eigenvalue weighted by atomic mass is 9.88. The third kappa shape index (κ3) is 4.31. The van der Waals surface area contributed by atoms with Gasteiger partial charge in [-0.15, -0.1) is 0 Å². The predicted octanol–water partition coefficient (Wildman–Crippen LogP) is 6.21. The monoisotopic (exact) mass is 398 g/mol. The van der Waals surface area contributed by atoms with E-state index < -0.39 is 0 Å². The minimum absolute atomic E-state index is 0.547. The smallest absolute Gasteiger partial charge is 0.226 e. The van der Waals surface area contributed by atoms with Gasteiger partial charge in [-0.2, -0.15) is 5.26 Å². The van der Waals surface area contributed by atoms with Crippen molar-refractivity contribution in [3.63, 3.8) is 0 Å². The molecule has 0 saturated heterocycles. The third-order valence-electron chi connectivity index (χ3n) is 5.56. The number of ether oxygens (including phenoxy) is 1. The lowest BCUT2D eigenvalue weighted by Crippen LogP contribution is -2.08. The fraction of sp³-hybridized carbons (Fsp3) is 0.308. The van der Waals surface area contributed by atoms with Crippen LogP contribution in [0.3, 0.4) is 0 Å². The molecule has 1 aliphatic carbocycles. The van der Waals surface area contributed by atoms with Gasteiger partial charge in [0.05, 0.1) is 18.4 Å². The molecule has 0 bridgehead atoms. The molecule has 1 heterocycles. The van der Waals surface area contributed by atoms with E-state index in [0.717, 1.165) is 42.0 Å². The maximum Gasteiger partial charge on any atom is 0.226 e. The topological polar surface area (TPSA) is 59.0 Å². The van der Waals surface area contributed by atoms with Gasteiger partial charge in [0, 0.05) is 24.0 Å². The molecule has 30 heavy (non-hydrogen) atoms. The number of benzene rings is 2. The number of nitrogens with zero attached hydrogens (tertiary/aromatic N) is 2. The number of allylic oxidation sites excluding steroid dienone is 2. The highest BCUT2D eigenvalue weighted by Gasteiger charge is 2.17. The van der Waals surface area contributed by atoms with Gasteiger partial charge < -0.3 is 9.15 Å². The van der Waals surface area contributed by atoms with Crippen LogP contribution in [0, 0.1) is 25.2 Å². The molecule has 4 rings (SSSR count). The van der Waals surface area contributed by atoms with Crippen LogP contribution in [-0.4, -0.2) is 11.6 Å². The van der Waals surface area contributed by atoms with Crippen LogP contribution < -0.4 is 4.74 Å². The minimum atomic E-state index is 0.547. The second kappa shape index (κ2) is 9.00. The first-order valence-electron chi connectivity index (χ1n) is 10.5. The van der Waals surface area contributed by atoms with Gasteiger partial charge in [0.15, 0.2) is 0 Å². The van der Waals surface area contributed by atoms with Crippen LogP contribution in [0.25, 0.3) is 17.0 Å². The van der Waals surface area contributed by atoms with Gasteiger partial charge in [-0.05, 0) is 62.4 Å². The second-order valence-electron chi connectivity index (χ2n) is 7.69. The Morgan fingerprint density at radius 3 is 2.73 bits per heavy atom. The zero-order valence-corrected chi connectivity index (χ0v) is 17.6. The second-order valence-corrected chi connectivity index (χ2v) is 7.69. The lowest BCUT2D eigenvalue weighted by Gasteiger charge is -2.20. The molecule has 0 fully saturated rings. The van der Waals surface area contributed by atoms with Crippen LogP contribution in [0.2, 0.25) is 0 Å². The number of hydrogen-bond donors (Lipinski definition) is 0. The van der Waals surface area contributed by atoms with E-state index in [9.17, 15) is 0 Å². The van der Waals surface area contributed by atoms with E-state index in [2.05, 4.69) is 42.3 Å². The molecule has 1 aliphatic rings. The van der Waals surface area contributed by atoms with E-state index in [1.807, 2.05) is 31.2 Å². The molecular formula is C26H26N2O2. The van der Waals surface area contributed by atoms with Crippen LogP contribution in [0.4, 0.5) is 0 Å². The van der Waals surface area contributed by atoms with Crippen LogP contribution in [0.5, 0.6) is 5.75 Å². The first kappa shape index (κ1) is 20.0. The zero-order valence-electron chi connectivity index (χ0n) is 17.6. The molecule has 0 aliphatic heterocycles. The summed E-state index contributed by atoms with van der Waals surface area (Å²) >= 11 is 0. The predicted molar refractivity (Wildman–Crippen MR) is 118 cm³/mol. The number of hydrogen-bond acceptors (Lipinski definition) is 4. The summed E-state index contributed by atoms with van der Waals surface area (Å²) in [5, 5.41) is 8.92. The summed E-state index contributed by atoms with van der Waals surface area (Å²) in [5.74, 6) is 2.44. The van der Waals surface area contributed by atoms with Gasteiger partial charge in [0.25, 0.3) is 0 Å². The fourth-order valence-electron chi connectivity index (χ4n) is 3.92. The number of aryl methyl sites for hydroxylation is 2. The Morgan fingerprint density at radius 2 is 1.93 bits per heavy atom. The first-order chi connectivity index (χ1) is 14.7. The van der Waals surface area contributed by atoms with Gasteiger partial charge in [-0.1, -0.05) is 35.9 Å². The highest BCUT2D eigenvalue weighted by atomic mass is 16.5. The summed E-state index contributed by atoms with van der Waals surface area (Å²) in [7, 11) is 0. The van der Waals surface area contributed by atoms with Crippen LogP contribution in [0.1, 0.15) is 47.4 Å². The Kier molecular flexibility index (Phi) is 5.99. The van der Waals surface area contributed by atoms with Gasteiger partial charge in [0.1, 0.15) is 11.5 Å². The highest BCUT2D eigenvalue weighted by Crippen LogP contribution is 2.35. The molecule has 0 spiro atoms. The molecule has 0 saturated carbocycles. The maximum absolute atomic E-state index is 8.92. The molecular weight excluding hydrogens is 372 g/mol. The summed E-state index contributed by atoms with van der Waals surface area (Å²) in [6.07, 6.45) is 6.27. The Hall–Kier alpha value is -3.32. The van der Waals surface area contributed by atoms with Crippen LogP contribution in [0.15, 0.2) is 53.0 Å². The van der Waals surface area contributed by atoms with Gasteiger partial charge in [-0.3, -0.25) is 0 Å². The van der Waals surface area contributed by atoms with E-state index in [-0.39, 0.29) is 0 Å². The summed E-state index contributed by atoms with van der Waals surface area (Å²) < 4.78 is 12.1. The summed E-state index contributed by atoms with van der Waals surface area (Å²) in [6, 6.07) is 16.7. The molecule has 152 valence electrons. The van der Waals surface area contributed by atoms with Crippen molar-refractivity contribution in [2.24, 2.45) is 0 Å². The highest BCUT2D eigenvalue weighted by molar-refractivity contribution is 5.72. The molecule has 3 aromatic rings. The Morgan fingerprint density at radius 1 is 1.10 bits per heavy atom. The lowest BCUT2D eigenvalue weighted by molar-refractivity contribution is 0.316. The molecule has 1 aromatic heterocycles. The quantitative estimate of drug-likeness (QED) is 0.474. The largest absolute Gasteiger partial charge is 0.493 e. The van der Waals surface area contributed by atoms with Crippen molar-refractivity contribution < 1.29 is 9.15 Å². The van der Waals surface area contributed by atoms with Crippen molar-refractivity contribution in [1.29, 1.82) is 5.26 Å². The Balaban J connectivity index is 1.44. The normalized spacial score (nSPS) is 12.8. The van der Waals surface area contributed by atoms with E-state index in [4.69, 9.17) is 14.4 Å². The summed E-state index contributed by atoms with van der Waals surface area (Å²) in [4.78, 5) is 4.69. The Labute approximate surface area is 177 Å². The molecule has 2 aromatic carbocycles. The summed E-state index contributed by atoms with van der Waals surface area (Å²) in [5.41, 5.74) is 6.89. The molecule has 0 N–H and O–H groups in total.